The lowest BCUT2D eigenvalue weighted by molar-refractivity contribution is -0.134. The molecule has 3 rings (SSSR count). The molecule has 0 radical (unpaired) electrons. The van der Waals surface area contributed by atoms with Gasteiger partial charge < -0.3 is 15.1 Å². The van der Waals surface area contributed by atoms with Crippen LogP contribution in [0.3, 0.4) is 0 Å². The van der Waals surface area contributed by atoms with Crippen molar-refractivity contribution in [2.75, 3.05) is 77.4 Å². The smallest absolute Gasteiger partial charge is 0.236 e. The number of hydrogen-bond donors (Lipinski definition) is 1. The van der Waals surface area contributed by atoms with Crippen molar-refractivity contribution in [2.24, 2.45) is 0 Å². The van der Waals surface area contributed by atoms with Crippen molar-refractivity contribution >= 4 is 29.1 Å². The standard InChI is InChI=1S/C20H30ClN5O2/c1-16-3-4-17(21)13-18(16)25-9-5-24(6-10-25)15-20(28)26-11-7-23(8-12-26)14-19(27)22-2/h3-4,13H,5-12,14-15H2,1-2H3,(H,22,27). The number of piperazine rings is 2. The summed E-state index contributed by atoms with van der Waals surface area (Å²) in [6, 6.07) is 6.00. The van der Waals surface area contributed by atoms with E-state index in [2.05, 4.69) is 33.0 Å². The van der Waals surface area contributed by atoms with Crippen molar-refractivity contribution in [1.82, 2.24) is 20.0 Å². The number of carbonyl (C=O) groups excluding carboxylic acids is 2. The van der Waals surface area contributed by atoms with E-state index in [1.54, 1.807) is 7.05 Å². The molecule has 0 atom stereocenters. The third-order valence-corrected chi connectivity index (χ3v) is 5.85. The summed E-state index contributed by atoms with van der Waals surface area (Å²) in [5, 5.41) is 3.40. The Balaban J connectivity index is 1.43. The van der Waals surface area contributed by atoms with Crippen LogP contribution >= 0.6 is 11.6 Å². The van der Waals surface area contributed by atoms with E-state index in [0.29, 0.717) is 26.2 Å². The third-order valence-electron chi connectivity index (χ3n) is 5.61. The summed E-state index contributed by atoms with van der Waals surface area (Å²) < 4.78 is 0. The second-order valence-corrected chi connectivity index (χ2v) is 7.96. The number of halogens is 1. The minimum absolute atomic E-state index is 0.0209. The van der Waals surface area contributed by atoms with Gasteiger partial charge in [-0.1, -0.05) is 17.7 Å². The topological polar surface area (TPSA) is 59.1 Å². The molecule has 8 heteroatoms. The van der Waals surface area contributed by atoms with Gasteiger partial charge in [0.2, 0.25) is 11.8 Å². The molecular weight excluding hydrogens is 378 g/mol. The average molecular weight is 408 g/mol. The Morgan fingerprint density at radius 2 is 1.57 bits per heavy atom. The van der Waals surface area contributed by atoms with Crippen LogP contribution in [0.4, 0.5) is 5.69 Å². The number of nitrogens with one attached hydrogen (secondary N) is 1. The van der Waals surface area contributed by atoms with Gasteiger partial charge in [0.25, 0.3) is 0 Å². The van der Waals surface area contributed by atoms with Gasteiger partial charge in [-0.05, 0) is 24.6 Å². The zero-order valence-electron chi connectivity index (χ0n) is 16.8. The Morgan fingerprint density at radius 1 is 0.964 bits per heavy atom. The van der Waals surface area contributed by atoms with Gasteiger partial charge >= 0.3 is 0 Å². The number of rotatable bonds is 5. The highest BCUT2D eigenvalue weighted by atomic mass is 35.5. The van der Waals surface area contributed by atoms with Crippen LogP contribution in [0.15, 0.2) is 18.2 Å². The Kier molecular flexibility index (Phi) is 7.15. The summed E-state index contributed by atoms with van der Waals surface area (Å²) >= 11 is 6.15. The second-order valence-electron chi connectivity index (χ2n) is 7.52. The summed E-state index contributed by atoms with van der Waals surface area (Å²) in [5.74, 6) is 0.208. The molecule has 1 aromatic rings. The van der Waals surface area contributed by atoms with Gasteiger partial charge in [0.1, 0.15) is 0 Å². The Bertz CT molecular complexity index is 698. The molecule has 0 aromatic heterocycles. The van der Waals surface area contributed by atoms with Gasteiger partial charge in [-0.15, -0.1) is 0 Å². The number of benzene rings is 1. The van der Waals surface area contributed by atoms with Gasteiger partial charge in [0.15, 0.2) is 0 Å². The number of carbonyl (C=O) groups is 2. The maximum Gasteiger partial charge on any atom is 0.236 e. The minimum atomic E-state index is 0.0209. The molecule has 0 unspecified atom stereocenters. The summed E-state index contributed by atoms with van der Waals surface area (Å²) in [6.45, 7) is 9.40. The fourth-order valence-corrected chi connectivity index (χ4v) is 3.97. The summed E-state index contributed by atoms with van der Waals surface area (Å²) in [7, 11) is 1.65. The number of hydrogen-bond acceptors (Lipinski definition) is 5. The van der Waals surface area contributed by atoms with Crippen molar-refractivity contribution in [3.63, 3.8) is 0 Å². The first-order valence-corrected chi connectivity index (χ1v) is 10.3. The van der Waals surface area contributed by atoms with Crippen LogP contribution in [0.5, 0.6) is 0 Å². The molecule has 154 valence electrons. The van der Waals surface area contributed by atoms with Gasteiger partial charge in [-0.2, -0.15) is 0 Å². The highest BCUT2D eigenvalue weighted by molar-refractivity contribution is 6.30. The van der Waals surface area contributed by atoms with Crippen LogP contribution in [0.1, 0.15) is 5.56 Å². The lowest BCUT2D eigenvalue weighted by atomic mass is 10.1. The molecule has 0 bridgehead atoms. The fourth-order valence-electron chi connectivity index (χ4n) is 3.80. The molecule has 1 N–H and O–H groups in total. The summed E-state index contributed by atoms with van der Waals surface area (Å²) in [4.78, 5) is 32.7. The van der Waals surface area contributed by atoms with Crippen LogP contribution < -0.4 is 10.2 Å². The highest BCUT2D eigenvalue weighted by Crippen LogP contribution is 2.25. The normalized spacial score (nSPS) is 19.0. The predicted molar refractivity (Wildman–Crippen MR) is 112 cm³/mol. The van der Waals surface area contributed by atoms with Crippen molar-refractivity contribution < 1.29 is 9.59 Å². The molecule has 2 heterocycles. The van der Waals surface area contributed by atoms with Crippen LogP contribution in [-0.4, -0.2) is 99.0 Å². The molecule has 7 nitrogen and oxygen atoms in total. The van der Waals surface area contributed by atoms with Gasteiger partial charge in [0, 0.05) is 70.1 Å². The maximum atomic E-state index is 12.7. The predicted octanol–water partition coefficient (Wildman–Crippen LogP) is 0.661. The van der Waals surface area contributed by atoms with Crippen LogP contribution in [0.25, 0.3) is 0 Å². The third kappa shape index (κ3) is 5.37. The van der Waals surface area contributed by atoms with Gasteiger partial charge in [-0.25, -0.2) is 0 Å². The largest absolute Gasteiger partial charge is 0.369 e. The molecule has 2 saturated heterocycles. The van der Waals surface area contributed by atoms with Crippen molar-refractivity contribution in [1.29, 1.82) is 0 Å². The van der Waals surface area contributed by atoms with Crippen molar-refractivity contribution in [3.8, 4) is 0 Å². The monoisotopic (exact) mass is 407 g/mol. The number of amides is 2. The molecule has 0 aliphatic carbocycles. The van der Waals surface area contributed by atoms with E-state index in [0.717, 1.165) is 44.3 Å². The van der Waals surface area contributed by atoms with E-state index in [-0.39, 0.29) is 11.8 Å². The van der Waals surface area contributed by atoms with E-state index in [1.165, 1.54) is 11.3 Å². The molecule has 1 aromatic carbocycles. The van der Waals surface area contributed by atoms with Gasteiger partial charge in [-0.3, -0.25) is 19.4 Å². The maximum absolute atomic E-state index is 12.7. The van der Waals surface area contributed by atoms with E-state index in [1.807, 2.05) is 17.0 Å². The molecule has 2 amide bonds. The molecule has 2 aliphatic heterocycles. The van der Waals surface area contributed by atoms with E-state index < -0.39 is 0 Å². The first kappa shape index (κ1) is 20.9. The molecule has 28 heavy (non-hydrogen) atoms. The van der Waals surface area contributed by atoms with Crippen LogP contribution in [0, 0.1) is 6.92 Å². The molecule has 2 fully saturated rings. The lowest BCUT2D eigenvalue weighted by Gasteiger charge is -2.38. The van der Waals surface area contributed by atoms with E-state index in [9.17, 15) is 9.59 Å². The number of anilines is 1. The Hall–Kier alpha value is -1.83. The SMILES string of the molecule is CNC(=O)CN1CCN(C(=O)CN2CCN(c3cc(Cl)ccc3C)CC2)CC1. The fraction of sp³-hybridized carbons (Fsp3) is 0.600. The molecule has 0 spiro atoms. The minimum Gasteiger partial charge on any atom is -0.369 e. The second kappa shape index (κ2) is 9.58. The number of aryl methyl sites for hydroxylation is 1. The summed E-state index contributed by atoms with van der Waals surface area (Å²) in [6.07, 6.45) is 0. The summed E-state index contributed by atoms with van der Waals surface area (Å²) in [5.41, 5.74) is 2.41. The van der Waals surface area contributed by atoms with E-state index in [4.69, 9.17) is 11.6 Å². The quantitative estimate of drug-likeness (QED) is 0.777. The molecule has 2 aliphatic rings. The van der Waals surface area contributed by atoms with Crippen molar-refractivity contribution in [2.45, 2.75) is 6.92 Å². The zero-order chi connectivity index (χ0) is 20.1. The zero-order valence-corrected chi connectivity index (χ0v) is 17.5. The number of likely N-dealkylation sites (N-methyl/N-ethyl adjacent to an activating group) is 1. The van der Waals surface area contributed by atoms with Gasteiger partial charge in [0.05, 0.1) is 13.1 Å². The first-order chi connectivity index (χ1) is 13.5. The Morgan fingerprint density at radius 3 is 2.21 bits per heavy atom. The lowest BCUT2D eigenvalue weighted by Crippen LogP contribution is -2.54. The van der Waals surface area contributed by atoms with Crippen LogP contribution in [-0.2, 0) is 9.59 Å². The molecule has 0 saturated carbocycles. The Labute approximate surface area is 172 Å². The molecular formula is C20H30ClN5O2. The average Bonchev–Trinajstić information content (AvgIpc) is 2.71. The van der Waals surface area contributed by atoms with E-state index >= 15 is 0 Å². The van der Waals surface area contributed by atoms with Crippen LogP contribution in [0.2, 0.25) is 5.02 Å². The number of nitrogens with zero attached hydrogens (tertiary/aromatic N) is 4. The van der Waals surface area contributed by atoms with Crippen molar-refractivity contribution in [3.05, 3.63) is 28.8 Å². The highest BCUT2D eigenvalue weighted by Gasteiger charge is 2.25. The first-order valence-electron chi connectivity index (χ1n) is 9.90.